The average molecular weight is 545 g/mol. The van der Waals surface area contributed by atoms with Crippen LogP contribution in [0.5, 0.6) is 0 Å². The third-order valence-electron chi connectivity index (χ3n) is 7.30. The van der Waals surface area contributed by atoms with Gasteiger partial charge in [-0.3, -0.25) is 9.59 Å². The van der Waals surface area contributed by atoms with Gasteiger partial charge in [0.15, 0.2) is 0 Å². The summed E-state index contributed by atoms with van der Waals surface area (Å²) in [6, 6.07) is 9.13. The predicted octanol–water partition coefficient (Wildman–Crippen LogP) is 5.53. The quantitative estimate of drug-likeness (QED) is 0.246. The largest absolute Gasteiger partial charge is 0.464 e. The van der Waals surface area contributed by atoms with Gasteiger partial charge in [-0.05, 0) is 42.7 Å². The van der Waals surface area contributed by atoms with Crippen LogP contribution in [-0.4, -0.2) is 61.6 Å². The number of hydrogen-bond acceptors (Lipinski definition) is 5. The summed E-state index contributed by atoms with van der Waals surface area (Å²) < 4.78 is 10.4. The molecule has 0 aliphatic rings. The minimum absolute atomic E-state index is 0.115. The molecular formula is C32H52N2O5. The standard InChI is InChI=1S/C32H52N2O5/c1-12-25(32(9,10)24-17-15-14-16-18-24)29(36)33-28(31(6,7)8)30(37)34(11)26(22(3)4)19-23(5)20-38-21-27(35)39-13-2/h14-19,22,25-26,28H,12-13,20-21H2,1-11H3,(H,33,36)/b23-19+/t25-,26-,28-/m1/s1. The number of hydrogen-bond donors (Lipinski definition) is 1. The Hall–Kier alpha value is -2.67. The number of esters is 1. The Morgan fingerprint density at radius 1 is 1.00 bits per heavy atom. The molecule has 3 atom stereocenters. The first-order valence-corrected chi connectivity index (χ1v) is 14.1. The Kier molecular flexibility index (Phi) is 13.4. The number of benzene rings is 1. The van der Waals surface area contributed by atoms with E-state index in [-0.39, 0.29) is 42.9 Å². The highest BCUT2D eigenvalue weighted by Crippen LogP contribution is 2.35. The van der Waals surface area contributed by atoms with Gasteiger partial charge < -0.3 is 19.7 Å². The lowest BCUT2D eigenvalue weighted by atomic mass is 9.71. The van der Waals surface area contributed by atoms with Crippen LogP contribution >= 0.6 is 0 Å². The molecule has 1 N–H and O–H groups in total. The van der Waals surface area contributed by atoms with Crippen LogP contribution in [0.4, 0.5) is 0 Å². The van der Waals surface area contributed by atoms with E-state index in [0.29, 0.717) is 13.0 Å². The first kappa shape index (κ1) is 34.4. The number of carbonyl (C=O) groups is 3. The SMILES string of the molecule is CCOC(=O)COC/C(C)=C/[C@H](C(C)C)N(C)C(=O)[C@@H](NC(=O)[C@@H](CC)C(C)(C)c1ccccc1)C(C)(C)C. The van der Waals surface area contributed by atoms with Crippen LogP contribution in [0.2, 0.25) is 0 Å². The van der Waals surface area contributed by atoms with E-state index in [4.69, 9.17) is 9.47 Å². The summed E-state index contributed by atoms with van der Waals surface area (Å²) in [6.45, 7) is 20.3. The van der Waals surface area contributed by atoms with E-state index in [9.17, 15) is 14.4 Å². The summed E-state index contributed by atoms with van der Waals surface area (Å²) in [4.78, 5) is 41.0. The van der Waals surface area contributed by atoms with Crippen molar-refractivity contribution in [1.29, 1.82) is 0 Å². The zero-order valence-electron chi connectivity index (χ0n) is 26.1. The summed E-state index contributed by atoms with van der Waals surface area (Å²) in [5, 5.41) is 3.14. The maximum atomic E-state index is 13.9. The van der Waals surface area contributed by atoms with Crippen LogP contribution in [0, 0.1) is 17.3 Å². The predicted molar refractivity (Wildman–Crippen MR) is 157 cm³/mol. The summed E-state index contributed by atoms with van der Waals surface area (Å²) in [5.74, 6) is -0.840. The highest BCUT2D eigenvalue weighted by atomic mass is 16.6. The lowest BCUT2D eigenvalue weighted by molar-refractivity contribution is -0.148. The summed E-state index contributed by atoms with van der Waals surface area (Å²) >= 11 is 0. The average Bonchev–Trinajstić information content (AvgIpc) is 2.85. The molecule has 39 heavy (non-hydrogen) atoms. The zero-order chi connectivity index (χ0) is 30.0. The molecule has 0 saturated carbocycles. The molecule has 1 aromatic rings. The number of likely N-dealkylation sites (N-methyl/N-ethyl adjacent to an activating group) is 1. The molecule has 0 radical (unpaired) electrons. The van der Waals surface area contributed by atoms with Gasteiger partial charge in [0.25, 0.3) is 0 Å². The third kappa shape index (κ3) is 10.1. The van der Waals surface area contributed by atoms with Gasteiger partial charge >= 0.3 is 5.97 Å². The lowest BCUT2D eigenvalue weighted by Crippen LogP contribution is -2.58. The number of nitrogens with zero attached hydrogens (tertiary/aromatic N) is 1. The second-order valence-electron chi connectivity index (χ2n) is 12.4. The smallest absolute Gasteiger partial charge is 0.332 e. The molecule has 220 valence electrons. The first-order chi connectivity index (χ1) is 18.1. The molecule has 7 nitrogen and oxygen atoms in total. The Morgan fingerprint density at radius 3 is 2.08 bits per heavy atom. The number of nitrogens with one attached hydrogen (secondary N) is 1. The highest BCUT2D eigenvalue weighted by Gasteiger charge is 2.41. The third-order valence-corrected chi connectivity index (χ3v) is 7.30. The minimum Gasteiger partial charge on any atom is -0.464 e. The summed E-state index contributed by atoms with van der Waals surface area (Å²) in [7, 11) is 1.78. The van der Waals surface area contributed by atoms with E-state index < -0.39 is 22.8 Å². The van der Waals surface area contributed by atoms with Crippen molar-refractivity contribution in [3.63, 3.8) is 0 Å². The van der Waals surface area contributed by atoms with Gasteiger partial charge in [-0.1, -0.05) is 91.8 Å². The van der Waals surface area contributed by atoms with Crippen LogP contribution in [0.1, 0.15) is 81.2 Å². The fourth-order valence-corrected chi connectivity index (χ4v) is 4.92. The van der Waals surface area contributed by atoms with Crippen LogP contribution in [-0.2, 0) is 29.3 Å². The van der Waals surface area contributed by atoms with Crippen LogP contribution in [0.25, 0.3) is 0 Å². The van der Waals surface area contributed by atoms with Crippen molar-refractivity contribution in [2.75, 3.05) is 26.9 Å². The molecule has 7 heteroatoms. The molecule has 0 fully saturated rings. The van der Waals surface area contributed by atoms with E-state index in [0.717, 1.165) is 11.1 Å². The number of ether oxygens (including phenoxy) is 2. The van der Waals surface area contributed by atoms with Gasteiger partial charge in [0.05, 0.1) is 19.3 Å². The van der Waals surface area contributed by atoms with Crippen LogP contribution in [0.15, 0.2) is 42.0 Å². The normalized spacial score (nSPS) is 14.9. The molecule has 0 spiro atoms. The second kappa shape index (κ2) is 15.2. The van der Waals surface area contributed by atoms with Gasteiger partial charge in [0.2, 0.25) is 11.8 Å². The Labute approximate surface area is 236 Å². The Morgan fingerprint density at radius 2 is 1.59 bits per heavy atom. The molecule has 2 amide bonds. The van der Waals surface area contributed by atoms with Crippen molar-refractivity contribution in [3.05, 3.63) is 47.5 Å². The van der Waals surface area contributed by atoms with Crippen molar-refractivity contribution in [1.82, 2.24) is 10.2 Å². The van der Waals surface area contributed by atoms with Crippen molar-refractivity contribution in [3.8, 4) is 0 Å². The van der Waals surface area contributed by atoms with Gasteiger partial charge in [-0.15, -0.1) is 0 Å². The number of carbonyl (C=O) groups excluding carboxylic acids is 3. The molecular weight excluding hydrogens is 492 g/mol. The molecule has 0 bridgehead atoms. The second-order valence-corrected chi connectivity index (χ2v) is 12.4. The van der Waals surface area contributed by atoms with E-state index in [1.165, 1.54) is 0 Å². The van der Waals surface area contributed by atoms with Gasteiger partial charge in [0, 0.05) is 18.4 Å². The van der Waals surface area contributed by atoms with Crippen molar-refractivity contribution >= 4 is 17.8 Å². The summed E-state index contributed by atoms with van der Waals surface area (Å²) in [5.41, 5.74) is 1.10. The monoisotopic (exact) mass is 544 g/mol. The van der Waals surface area contributed by atoms with Crippen molar-refractivity contribution in [2.24, 2.45) is 17.3 Å². The van der Waals surface area contributed by atoms with E-state index in [2.05, 4.69) is 45.1 Å². The number of amides is 2. The molecule has 0 heterocycles. The first-order valence-electron chi connectivity index (χ1n) is 14.1. The zero-order valence-corrected chi connectivity index (χ0v) is 26.1. The molecule has 1 aromatic carbocycles. The van der Waals surface area contributed by atoms with Crippen molar-refractivity contribution < 1.29 is 23.9 Å². The Bertz CT molecular complexity index is 963. The fraction of sp³-hybridized carbons (Fsp3) is 0.656. The molecule has 0 saturated heterocycles. The molecule has 1 rings (SSSR count). The topological polar surface area (TPSA) is 84.9 Å². The van der Waals surface area contributed by atoms with Crippen molar-refractivity contribution in [2.45, 2.75) is 93.2 Å². The van der Waals surface area contributed by atoms with Gasteiger partial charge in [-0.25, -0.2) is 4.79 Å². The van der Waals surface area contributed by atoms with E-state index in [1.807, 2.05) is 58.9 Å². The van der Waals surface area contributed by atoms with Gasteiger partial charge in [0.1, 0.15) is 12.6 Å². The van der Waals surface area contributed by atoms with E-state index in [1.54, 1.807) is 18.9 Å². The highest BCUT2D eigenvalue weighted by molar-refractivity contribution is 5.90. The van der Waals surface area contributed by atoms with Crippen LogP contribution in [0.3, 0.4) is 0 Å². The minimum atomic E-state index is -0.703. The number of rotatable bonds is 14. The lowest BCUT2D eigenvalue weighted by Gasteiger charge is -2.40. The molecule has 0 unspecified atom stereocenters. The molecule has 0 aromatic heterocycles. The van der Waals surface area contributed by atoms with Crippen LogP contribution < -0.4 is 5.32 Å². The Balaban J connectivity index is 3.14. The summed E-state index contributed by atoms with van der Waals surface area (Å²) in [6.07, 6.45) is 2.65. The molecule has 0 aliphatic carbocycles. The van der Waals surface area contributed by atoms with E-state index >= 15 is 0 Å². The maximum absolute atomic E-state index is 13.9. The fourth-order valence-electron chi connectivity index (χ4n) is 4.92. The molecule has 0 aliphatic heterocycles. The van der Waals surface area contributed by atoms with Gasteiger partial charge in [-0.2, -0.15) is 0 Å². The maximum Gasteiger partial charge on any atom is 0.332 e.